The van der Waals surface area contributed by atoms with Crippen molar-refractivity contribution in [3.8, 4) is 11.5 Å². The average molecular weight is 642 g/mol. The summed E-state index contributed by atoms with van der Waals surface area (Å²) in [5.74, 6) is 2.35. The van der Waals surface area contributed by atoms with Crippen molar-refractivity contribution in [2.75, 3.05) is 50.8 Å². The number of carbonyl (C=O) groups is 2. The Kier molecular flexibility index (Phi) is 9.19. The Morgan fingerprint density at radius 1 is 0.957 bits per heavy atom. The molecule has 2 aromatic carbocycles. The number of nitrogens with one attached hydrogen (secondary N) is 1. The number of amides is 2. The van der Waals surface area contributed by atoms with Gasteiger partial charge in [0.25, 0.3) is 5.91 Å². The molecule has 0 bridgehead atoms. The Bertz CT molecular complexity index is 1700. The molecule has 12 nitrogen and oxygen atoms in total. The van der Waals surface area contributed by atoms with Crippen molar-refractivity contribution in [1.29, 1.82) is 0 Å². The number of rotatable bonds is 11. The van der Waals surface area contributed by atoms with E-state index in [1.54, 1.807) is 6.33 Å². The van der Waals surface area contributed by atoms with Gasteiger partial charge in [0.1, 0.15) is 29.2 Å². The lowest BCUT2D eigenvalue weighted by Crippen LogP contribution is -2.49. The molecule has 1 N–H and O–H groups in total. The normalized spacial score (nSPS) is 15.7. The molecule has 0 spiro atoms. The van der Waals surface area contributed by atoms with Crippen LogP contribution in [0.25, 0.3) is 11.0 Å². The second-order valence-corrected chi connectivity index (χ2v) is 13.3. The molecule has 2 aliphatic rings. The van der Waals surface area contributed by atoms with E-state index in [2.05, 4.69) is 25.3 Å². The number of aromatic nitrogens is 4. The number of hydrogen-bond acceptors (Lipinski definition) is 9. The number of piperazine rings is 1. The van der Waals surface area contributed by atoms with Crippen LogP contribution in [0.15, 0.2) is 61.1 Å². The molecule has 2 amide bonds. The first-order valence-electron chi connectivity index (χ1n) is 16.2. The van der Waals surface area contributed by atoms with Gasteiger partial charge in [-0.3, -0.25) is 4.79 Å². The van der Waals surface area contributed by atoms with Gasteiger partial charge in [-0.25, -0.2) is 19.4 Å². The largest absolute Gasteiger partial charge is 0.494 e. The van der Waals surface area contributed by atoms with Gasteiger partial charge in [-0.05, 0) is 82.5 Å². The van der Waals surface area contributed by atoms with Gasteiger partial charge in [0.2, 0.25) is 0 Å². The highest BCUT2D eigenvalue weighted by Gasteiger charge is 2.44. The van der Waals surface area contributed by atoms with Gasteiger partial charge in [-0.1, -0.05) is 12.1 Å². The van der Waals surface area contributed by atoms with Gasteiger partial charge >= 0.3 is 6.09 Å². The average Bonchev–Trinajstić information content (AvgIpc) is 3.73. The second-order valence-electron chi connectivity index (χ2n) is 13.3. The summed E-state index contributed by atoms with van der Waals surface area (Å²) in [6.07, 6.45) is 4.96. The van der Waals surface area contributed by atoms with Crippen LogP contribution in [0, 0.1) is 5.41 Å². The molecule has 0 radical (unpaired) electrons. The number of benzene rings is 2. The van der Waals surface area contributed by atoms with E-state index in [9.17, 15) is 9.59 Å². The topological polar surface area (TPSA) is 124 Å². The lowest BCUT2D eigenvalue weighted by molar-refractivity contribution is 0.0509. The Morgan fingerprint density at radius 3 is 2.43 bits per heavy atom. The molecule has 2 fully saturated rings. The van der Waals surface area contributed by atoms with Gasteiger partial charge in [0.15, 0.2) is 5.65 Å². The zero-order valence-electron chi connectivity index (χ0n) is 27.6. The van der Waals surface area contributed by atoms with Crippen LogP contribution in [0.5, 0.6) is 11.5 Å². The van der Waals surface area contributed by atoms with E-state index in [1.165, 1.54) is 0 Å². The van der Waals surface area contributed by atoms with E-state index in [4.69, 9.17) is 14.2 Å². The zero-order valence-corrected chi connectivity index (χ0v) is 27.6. The molecular formula is C35H43N7O5. The number of carbonyl (C=O) groups excluding carboxylic acids is 2. The Morgan fingerprint density at radius 2 is 1.72 bits per heavy atom. The van der Waals surface area contributed by atoms with Gasteiger partial charge in [0, 0.05) is 43.7 Å². The molecule has 2 aromatic heterocycles. The lowest BCUT2D eigenvalue weighted by atomic mass is 10.1. The van der Waals surface area contributed by atoms with Crippen LogP contribution in [-0.2, 0) is 11.3 Å². The predicted molar refractivity (Wildman–Crippen MR) is 178 cm³/mol. The van der Waals surface area contributed by atoms with Gasteiger partial charge in [-0.2, -0.15) is 5.10 Å². The van der Waals surface area contributed by atoms with Crippen molar-refractivity contribution >= 4 is 28.9 Å². The molecule has 248 valence electrons. The highest BCUT2D eigenvalue weighted by atomic mass is 16.6. The monoisotopic (exact) mass is 641 g/mol. The Balaban J connectivity index is 1.01. The van der Waals surface area contributed by atoms with Crippen LogP contribution in [0.1, 0.15) is 56.5 Å². The predicted octanol–water partition coefficient (Wildman–Crippen LogP) is 4.92. The van der Waals surface area contributed by atoms with Crippen LogP contribution in [0.4, 0.5) is 10.6 Å². The first-order chi connectivity index (χ1) is 22.6. The number of fused-ring (bicyclic) bond motifs is 1. The van der Waals surface area contributed by atoms with Gasteiger partial charge < -0.3 is 29.3 Å². The van der Waals surface area contributed by atoms with Crippen LogP contribution >= 0.6 is 0 Å². The van der Waals surface area contributed by atoms with Crippen LogP contribution in [0.2, 0.25) is 0 Å². The molecule has 1 aliphatic heterocycles. The summed E-state index contributed by atoms with van der Waals surface area (Å²) in [4.78, 5) is 38.6. The third kappa shape index (κ3) is 7.93. The van der Waals surface area contributed by atoms with E-state index in [-0.39, 0.29) is 11.3 Å². The van der Waals surface area contributed by atoms with E-state index in [1.807, 2.05) is 92.0 Å². The minimum Gasteiger partial charge on any atom is -0.494 e. The third-order valence-electron chi connectivity index (χ3n) is 8.43. The summed E-state index contributed by atoms with van der Waals surface area (Å²) in [5.41, 5.74) is 1.86. The van der Waals surface area contributed by atoms with E-state index in [0.717, 1.165) is 41.0 Å². The summed E-state index contributed by atoms with van der Waals surface area (Å²) >= 11 is 0. The van der Waals surface area contributed by atoms with Gasteiger partial charge in [-0.15, -0.1) is 0 Å². The molecule has 1 aliphatic carbocycles. The van der Waals surface area contributed by atoms with Gasteiger partial charge in [0.05, 0.1) is 31.3 Å². The summed E-state index contributed by atoms with van der Waals surface area (Å²) < 4.78 is 18.9. The van der Waals surface area contributed by atoms with Crippen molar-refractivity contribution in [1.82, 2.24) is 30.0 Å². The number of alkyl carbamates (subject to hydrolysis) is 1. The van der Waals surface area contributed by atoms with Crippen molar-refractivity contribution in [2.45, 2.75) is 52.7 Å². The van der Waals surface area contributed by atoms with Crippen molar-refractivity contribution in [2.24, 2.45) is 5.41 Å². The molecule has 6 rings (SSSR count). The number of ether oxygens (including phenoxy) is 3. The van der Waals surface area contributed by atoms with Crippen LogP contribution in [0.3, 0.4) is 0 Å². The van der Waals surface area contributed by atoms with E-state index in [0.29, 0.717) is 63.8 Å². The molecule has 12 heteroatoms. The summed E-state index contributed by atoms with van der Waals surface area (Å²) in [7, 11) is 0. The molecule has 47 heavy (non-hydrogen) atoms. The van der Waals surface area contributed by atoms with Crippen LogP contribution in [-0.4, -0.2) is 88.2 Å². The Hall–Kier alpha value is -4.87. The number of hydrogen-bond donors (Lipinski definition) is 1. The maximum Gasteiger partial charge on any atom is 0.407 e. The quantitative estimate of drug-likeness (QED) is 0.243. The van der Waals surface area contributed by atoms with Crippen molar-refractivity contribution in [3.63, 3.8) is 0 Å². The first-order valence-corrected chi connectivity index (χ1v) is 16.2. The zero-order chi connectivity index (χ0) is 33.0. The molecular weight excluding hydrogens is 598 g/mol. The molecule has 0 unspecified atom stereocenters. The standard InChI is InChI=1S/C35H43N7O5/c1-5-45-28-8-6-7-25(19-28)21-42-31-29(20-39-42)30(37-24-38-31)40-15-17-41(18-16-40)32(43)26-9-11-27(12-10-26)46-23-35(13-14-35)22-36-33(44)47-34(2,3)4/h6-12,19-20,24H,5,13-18,21-23H2,1-4H3,(H,36,44). The van der Waals surface area contributed by atoms with E-state index < -0.39 is 11.7 Å². The highest BCUT2D eigenvalue weighted by Crippen LogP contribution is 2.45. The highest BCUT2D eigenvalue weighted by molar-refractivity contribution is 5.94. The SMILES string of the molecule is CCOc1cccc(Cn2ncc3c(N4CCN(C(=O)c5ccc(OCC6(CNC(=O)OC(C)(C)C)CC6)cc5)CC4)ncnc32)c1. The lowest BCUT2D eigenvalue weighted by Gasteiger charge is -2.35. The van der Waals surface area contributed by atoms with Crippen molar-refractivity contribution in [3.05, 3.63) is 72.2 Å². The molecule has 4 aromatic rings. The third-order valence-corrected chi connectivity index (χ3v) is 8.43. The smallest absolute Gasteiger partial charge is 0.407 e. The molecule has 1 saturated heterocycles. The first kappa shape index (κ1) is 32.1. The second kappa shape index (κ2) is 13.5. The maximum atomic E-state index is 13.4. The summed E-state index contributed by atoms with van der Waals surface area (Å²) in [6, 6.07) is 15.3. The van der Waals surface area contributed by atoms with Crippen LogP contribution < -0.4 is 19.7 Å². The summed E-state index contributed by atoms with van der Waals surface area (Å²) in [6.45, 7) is 12.2. The number of nitrogens with zero attached hydrogens (tertiary/aromatic N) is 6. The molecule has 1 saturated carbocycles. The fraction of sp³-hybridized carbons (Fsp3) is 0.457. The summed E-state index contributed by atoms with van der Waals surface area (Å²) in [5, 5.41) is 8.37. The minimum absolute atomic E-state index is 0.00800. The minimum atomic E-state index is -0.530. The Labute approximate surface area is 275 Å². The van der Waals surface area contributed by atoms with Crippen molar-refractivity contribution < 1.29 is 23.8 Å². The molecule has 0 atom stereocenters. The fourth-order valence-electron chi connectivity index (χ4n) is 5.68. The maximum absolute atomic E-state index is 13.4. The fourth-order valence-corrected chi connectivity index (χ4v) is 5.68. The van der Waals surface area contributed by atoms with E-state index >= 15 is 0 Å². The number of anilines is 1. The molecule has 3 heterocycles.